The molecule has 0 aliphatic rings. The summed E-state index contributed by atoms with van der Waals surface area (Å²) in [6, 6.07) is 1.23. The minimum Gasteiger partial charge on any atom is -0.321 e. The predicted octanol–water partition coefficient (Wildman–Crippen LogP) is 6.64. The zero-order valence-corrected chi connectivity index (χ0v) is 16.3. The lowest BCUT2D eigenvalue weighted by molar-refractivity contribution is -0.548. The number of anilines is 1. The molecule has 0 radical (unpaired) electrons. The Balaban J connectivity index is 3.61. The maximum Gasteiger partial charge on any atom is 0.462 e. The second kappa shape index (κ2) is 9.27. The van der Waals surface area contributed by atoms with Crippen molar-refractivity contribution in [1.29, 1.82) is 0 Å². The quantitative estimate of drug-likeness (QED) is 0.347. The van der Waals surface area contributed by atoms with Crippen LogP contribution in [0.25, 0.3) is 0 Å². The van der Waals surface area contributed by atoms with Crippen molar-refractivity contribution in [1.82, 2.24) is 0 Å². The highest BCUT2D eigenvalue weighted by Gasteiger charge is 2.85. The van der Waals surface area contributed by atoms with Crippen LogP contribution in [0.4, 0.5) is 84.7 Å². The van der Waals surface area contributed by atoms with Gasteiger partial charge in [0, 0.05) is 5.69 Å². The summed E-state index contributed by atoms with van der Waals surface area (Å²) in [5.41, 5.74) is -1.13. The maximum atomic E-state index is 14.3. The third-order valence-corrected chi connectivity index (χ3v) is 3.76. The normalized spacial score (nSPS) is 17.7. The number of benzene rings is 1. The highest BCUT2D eigenvalue weighted by Crippen LogP contribution is 2.56. The molecule has 4 nitrogen and oxygen atoms in total. The first-order valence-electron chi connectivity index (χ1n) is 8.24. The van der Waals surface area contributed by atoms with E-state index in [2.05, 4.69) is 0 Å². The van der Waals surface area contributed by atoms with E-state index in [4.69, 9.17) is 0 Å². The molecular weight excluding hydrogens is 584 g/mol. The van der Waals surface area contributed by atoms with Gasteiger partial charge in [0.2, 0.25) is 0 Å². The minimum atomic E-state index is -8.10. The highest BCUT2D eigenvalue weighted by molar-refractivity contribution is 5.96. The Kier molecular flexibility index (Phi) is 8.11. The molecule has 0 aliphatic heterocycles. The highest BCUT2D eigenvalue weighted by atomic mass is 19.4. The predicted molar refractivity (Wildman–Crippen MR) is 77.9 cm³/mol. The van der Waals surface area contributed by atoms with E-state index >= 15 is 0 Å². The molecule has 37 heavy (non-hydrogen) atoms. The summed E-state index contributed by atoms with van der Waals surface area (Å²) in [4.78, 5) is 11.6. The number of rotatable bonds is 8. The van der Waals surface area contributed by atoms with Gasteiger partial charge in [-0.25, -0.2) is 4.39 Å². The van der Waals surface area contributed by atoms with Gasteiger partial charge in [-0.1, -0.05) is 0 Å². The largest absolute Gasteiger partial charge is 0.462 e. The van der Waals surface area contributed by atoms with E-state index in [0.717, 1.165) is 0 Å². The van der Waals surface area contributed by atoms with Gasteiger partial charge in [0.25, 0.3) is 5.91 Å². The standard InChI is InChI=1S/C15H5F18NO3/c16-5-1-3-6(4-2-5)34-7(35)8(17,11(21,22)23)36-15(32,33)10(20,13(27,28)29)37-14(30,31)9(18,19)12(24,25)26/h1-4H,(H,34,35)/t8-,10+/m0/s1. The summed E-state index contributed by atoms with van der Waals surface area (Å²) >= 11 is 0. The van der Waals surface area contributed by atoms with Gasteiger partial charge in [0.15, 0.2) is 0 Å². The summed E-state index contributed by atoms with van der Waals surface area (Å²) in [6.07, 6.45) is -38.8. The van der Waals surface area contributed by atoms with E-state index in [1.54, 1.807) is 0 Å². The number of carbonyl (C=O) groups excluding carboxylic acids is 1. The Hall–Kier alpha value is -2.65. The first kappa shape index (κ1) is 32.4. The van der Waals surface area contributed by atoms with Gasteiger partial charge in [-0.2, -0.15) is 74.6 Å². The molecule has 0 saturated heterocycles. The number of ether oxygens (including phenoxy) is 2. The van der Waals surface area contributed by atoms with Crippen LogP contribution >= 0.6 is 0 Å². The van der Waals surface area contributed by atoms with Crippen LogP contribution < -0.4 is 5.32 Å². The summed E-state index contributed by atoms with van der Waals surface area (Å²) < 4.78 is 238. The molecule has 0 saturated carbocycles. The van der Waals surface area contributed by atoms with Gasteiger partial charge in [0.1, 0.15) is 5.82 Å². The van der Waals surface area contributed by atoms with Crippen molar-refractivity contribution in [3.63, 3.8) is 0 Å². The van der Waals surface area contributed by atoms with Crippen LogP contribution in [0.5, 0.6) is 0 Å². The van der Waals surface area contributed by atoms with E-state index < -0.39 is 65.8 Å². The van der Waals surface area contributed by atoms with Gasteiger partial charge in [-0.15, -0.1) is 0 Å². The Morgan fingerprint density at radius 3 is 1.38 bits per heavy atom. The number of halogens is 18. The number of carbonyl (C=O) groups is 1. The van der Waals surface area contributed by atoms with E-state index in [-0.39, 0.29) is 0 Å². The minimum absolute atomic E-state index is 0.292. The summed E-state index contributed by atoms with van der Waals surface area (Å²) in [6.45, 7) is 0. The fraction of sp³-hybridized carbons (Fsp3) is 0.533. The molecule has 0 spiro atoms. The third-order valence-electron chi connectivity index (χ3n) is 3.76. The lowest BCUT2D eigenvalue weighted by Gasteiger charge is -2.40. The van der Waals surface area contributed by atoms with Gasteiger partial charge in [-0.05, 0) is 24.3 Å². The van der Waals surface area contributed by atoms with Gasteiger partial charge >= 0.3 is 48.4 Å². The van der Waals surface area contributed by atoms with Crippen molar-refractivity contribution >= 4 is 11.6 Å². The van der Waals surface area contributed by atoms with Crippen LogP contribution in [0.2, 0.25) is 0 Å². The SMILES string of the molecule is O=C(Nc1ccc(F)cc1)[C@](F)(OC(F)(F)[C@](F)(OC(F)(F)C(F)(F)C(F)(F)F)C(F)(F)F)C(F)(F)F. The van der Waals surface area contributed by atoms with Crippen LogP contribution in [0, 0.1) is 5.82 Å². The molecule has 0 aliphatic carbocycles. The fourth-order valence-electron chi connectivity index (χ4n) is 1.91. The second-order valence-electron chi connectivity index (χ2n) is 6.46. The number of alkyl halides is 17. The van der Waals surface area contributed by atoms with E-state index in [1.807, 2.05) is 4.74 Å². The smallest absolute Gasteiger partial charge is 0.321 e. The Bertz CT molecular complexity index is 969. The van der Waals surface area contributed by atoms with Crippen LogP contribution in [0.1, 0.15) is 0 Å². The van der Waals surface area contributed by atoms with Crippen molar-refractivity contribution in [3.8, 4) is 0 Å². The van der Waals surface area contributed by atoms with E-state index in [0.29, 0.717) is 29.6 Å². The van der Waals surface area contributed by atoms with Gasteiger partial charge in [0.05, 0.1) is 0 Å². The molecule has 1 rings (SSSR count). The maximum absolute atomic E-state index is 14.3. The van der Waals surface area contributed by atoms with Crippen molar-refractivity contribution in [2.75, 3.05) is 5.32 Å². The molecular formula is C15H5F18NO3. The molecule has 2 atom stereocenters. The average Bonchev–Trinajstić information content (AvgIpc) is 2.66. The molecule has 214 valence electrons. The van der Waals surface area contributed by atoms with Crippen LogP contribution in [-0.2, 0) is 14.3 Å². The molecule has 0 bridgehead atoms. The summed E-state index contributed by atoms with van der Waals surface area (Å²) in [5, 5.41) is 0.701. The summed E-state index contributed by atoms with van der Waals surface area (Å²) in [7, 11) is 0. The van der Waals surface area contributed by atoms with Crippen molar-refractivity contribution in [2.24, 2.45) is 0 Å². The molecule has 1 amide bonds. The zero-order valence-electron chi connectivity index (χ0n) is 16.3. The third kappa shape index (κ3) is 5.93. The topological polar surface area (TPSA) is 47.6 Å². The number of hydrogen-bond acceptors (Lipinski definition) is 3. The van der Waals surface area contributed by atoms with Crippen molar-refractivity contribution < 1.29 is 93.3 Å². The first-order valence-corrected chi connectivity index (χ1v) is 8.24. The van der Waals surface area contributed by atoms with Crippen LogP contribution in [0.3, 0.4) is 0 Å². The van der Waals surface area contributed by atoms with E-state index in [9.17, 15) is 83.8 Å². The fourth-order valence-corrected chi connectivity index (χ4v) is 1.91. The number of hydrogen-bond donors (Lipinski definition) is 1. The molecule has 1 N–H and O–H groups in total. The molecule has 0 aromatic heterocycles. The Morgan fingerprint density at radius 1 is 0.595 bits per heavy atom. The monoisotopic (exact) mass is 589 g/mol. The molecule has 1 aromatic rings. The Morgan fingerprint density at radius 2 is 1.03 bits per heavy atom. The van der Waals surface area contributed by atoms with E-state index in [1.165, 1.54) is 4.74 Å². The van der Waals surface area contributed by atoms with Crippen LogP contribution in [-0.4, -0.2) is 54.3 Å². The summed E-state index contributed by atoms with van der Waals surface area (Å²) in [5.74, 6) is -27.7. The lowest BCUT2D eigenvalue weighted by Crippen LogP contribution is -2.68. The number of amides is 1. The second-order valence-corrected chi connectivity index (χ2v) is 6.46. The number of nitrogens with one attached hydrogen (secondary N) is 1. The first-order chi connectivity index (χ1) is 16.1. The zero-order chi connectivity index (χ0) is 29.7. The molecule has 1 aromatic carbocycles. The van der Waals surface area contributed by atoms with Crippen LogP contribution in [0.15, 0.2) is 24.3 Å². The Labute approximate surface area is 190 Å². The van der Waals surface area contributed by atoms with Gasteiger partial charge < -0.3 is 5.32 Å². The molecule has 0 unspecified atom stereocenters. The van der Waals surface area contributed by atoms with Gasteiger partial charge in [-0.3, -0.25) is 14.3 Å². The van der Waals surface area contributed by atoms with Crippen molar-refractivity contribution in [2.45, 2.75) is 48.4 Å². The lowest BCUT2D eigenvalue weighted by atomic mass is 10.2. The van der Waals surface area contributed by atoms with Crippen molar-refractivity contribution in [3.05, 3.63) is 30.1 Å². The molecule has 0 fully saturated rings. The molecule has 0 heterocycles. The average molecular weight is 589 g/mol. The molecule has 22 heteroatoms.